The SMILES string of the molecule is O=C(O)[C@H]1O[C@@H](O)[C@H](OCCc2ccccc2)[C@@H](O)[C@@H]1O. The van der Waals surface area contributed by atoms with Crippen molar-refractivity contribution in [3.63, 3.8) is 0 Å². The molecule has 1 saturated heterocycles. The molecule has 1 aromatic rings. The first kappa shape index (κ1) is 15.9. The highest BCUT2D eigenvalue weighted by atomic mass is 16.7. The number of aliphatic carboxylic acids is 1. The number of ether oxygens (including phenoxy) is 2. The van der Waals surface area contributed by atoms with E-state index in [2.05, 4.69) is 0 Å². The summed E-state index contributed by atoms with van der Waals surface area (Å²) in [6.45, 7) is 0.191. The van der Waals surface area contributed by atoms with Gasteiger partial charge in [-0.05, 0) is 12.0 Å². The van der Waals surface area contributed by atoms with Crippen LogP contribution in [0, 0.1) is 0 Å². The van der Waals surface area contributed by atoms with Crippen molar-refractivity contribution >= 4 is 5.97 Å². The van der Waals surface area contributed by atoms with Crippen LogP contribution in [0.25, 0.3) is 0 Å². The second kappa shape index (κ2) is 6.97. The van der Waals surface area contributed by atoms with Gasteiger partial charge in [0.25, 0.3) is 0 Å². The van der Waals surface area contributed by atoms with Gasteiger partial charge in [0, 0.05) is 0 Å². The highest BCUT2D eigenvalue weighted by molar-refractivity contribution is 5.73. The summed E-state index contributed by atoms with van der Waals surface area (Å²) in [7, 11) is 0. The van der Waals surface area contributed by atoms with E-state index in [1.807, 2.05) is 30.3 Å². The number of rotatable bonds is 5. The summed E-state index contributed by atoms with van der Waals surface area (Å²) in [5, 5.41) is 38.0. The minimum atomic E-state index is -1.68. The molecule has 5 atom stereocenters. The number of hydrogen-bond acceptors (Lipinski definition) is 6. The van der Waals surface area contributed by atoms with Gasteiger partial charge in [0.2, 0.25) is 0 Å². The first-order valence-electron chi connectivity index (χ1n) is 6.58. The Morgan fingerprint density at radius 2 is 1.81 bits per heavy atom. The van der Waals surface area contributed by atoms with Crippen molar-refractivity contribution in [2.24, 2.45) is 0 Å². The molecule has 4 N–H and O–H groups in total. The Bertz CT molecular complexity index is 464. The van der Waals surface area contributed by atoms with Gasteiger partial charge in [0.05, 0.1) is 6.61 Å². The van der Waals surface area contributed by atoms with Crippen LogP contribution in [-0.2, 0) is 20.7 Å². The van der Waals surface area contributed by atoms with Crippen LogP contribution in [-0.4, -0.2) is 63.7 Å². The maximum absolute atomic E-state index is 10.8. The van der Waals surface area contributed by atoms with Crippen LogP contribution in [0.1, 0.15) is 5.56 Å². The van der Waals surface area contributed by atoms with Gasteiger partial charge >= 0.3 is 5.97 Å². The molecule has 0 aromatic heterocycles. The molecule has 1 fully saturated rings. The fourth-order valence-electron chi connectivity index (χ4n) is 2.19. The highest BCUT2D eigenvalue weighted by Crippen LogP contribution is 2.22. The highest BCUT2D eigenvalue weighted by Gasteiger charge is 2.47. The zero-order valence-corrected chi connectivity index (χ0v) is 11.2. The molecular weight excluding hydrogens is 280 g/mol. The normalized spacial score (nSPS) is 32.8. The van der Waals surface area contributed by atoms with Gasteiger partial charge in [-0.3, -0.25) is 0 Å². The van der Waals surface area contributed by atoms with Gasteiger partial charge < -0.3 is 29.9 Å². The molecule has 0 amide bonds. The molecule has 1 aromatic carbocycles. The number of aliphatic hydroxyl groups is 3. The van der Waals surface area contributed by atoms with Crippen molar-refractivity contribution < 1.29 is 34.7 Å². The molecule has 7 heteroatoms. The molecule has 21 heavy (non-hydrogen) atoms. The zero-order valence-electron chi connectivity index (χ0n) is 11.2. The van der Waals surface area contributed by atoms with Gasteiger partial charge in [-0.25, -0.2) is 4.79 Å². The molecule has 7 nitrogen and oxygen atoms in total. The van der Waals surface area contributed by atoms with Gasteiger partial charge in [-0.15, -0.1) is 0 Å². The molecule has 0 radical (unpaired) electrons. The molecule has 0 unspecified atom stereocenters. The molecule has 1 heterocycles. The number of carboxylic acid groups (broad SMARTS) is 1. The third-order valence-electron chi connectivity index (χ3n) is 3.35. The first-order chi connectivity index (χ1) is 10.0. The number of benzene rings is 1. The predicted octanol–water partition coefficient (Wildman–Crippen LogP) is -0.862. The van der Waals surface area contributed by atoms with Gasteiger partial charge in [-0.2, -0.15) is 0 Å². The molecule has 0 spiro atoms. The topological polar surface area (TPSA) is 116 Å². The number of aliphatic hydroxyl groups excluding tert-OH is 3. The first-order valence-corrected chi connectivity index (χ1v) is 6.58. The van der Waals surface area contributed by atoms with Crippen LogP contribution in [0.2, 0.25) is 0 Å². The average Bonchev–Trinajstić information content (AvgIpc) is 2.47. The van der Waals surface area contributed by atoms with Crippen LogP contribution < -0.4 is 0 Å². The standard InChI is InChI=1S/C14H18O7/c15-9-10(16)12(14(19)21-11(9)13(17)18)20-7-6-8-4-2-1-3-5-8/h1-5,9-12,14-16,19H,6-7H2,(H,17,18)/t9-,10-,11-,12+,14+/m0/s1. The van der Waals surface area contributed by atoms with E-state index < -0.39 is 36.7 Å². The van der Waals surface area contributed by atoms with Crippen molar-refractivity contribution in [2.75, 3.05) is 6.61 Å². The molecule has 0 aliphatic carbocycles. The second-order valence-corrected chi connectivity index (χ2v) is 4.84. The summed E-state index contributed by atoms with van der Waals surface area (Å²) in [5.74, 6) is -1.46. The van der Waals surface area contributed by atoms with Gasteiger partial charge in [0.15, 0.2) is 12.4 Å². The maximum Gasteiger partial charge on any atom is 0.335 e. The number of hydrogen-bond donors (Lipinski definition) is 4. The van der Waals surface area contributed by atoms with Crippen molar-refractivity contribution in [1.82, 2.24) is 0 Å². The van der Waals surface area contributed by atoms with E-state index >= 15 is 0 Å². The molecule has 116 valence electrons. The Morgan fingerprint density at radius 3 is 2.43 bits per heavy atom. The van der Waals surface area contributed by atoms with E-state index in [9.17, 15) is 20.1 Å². The maximum atomic E-state index is 10.8. The zero-order chi connectivity index (χ0) is 15.4. The molecule has 2 rings (SSSR count). The minimum absolute atomic E-state index is 0.191. The lowest BCUT2D eigenvalue weighted by Gasteiger charge is -2.38. The number of carbonyl (C=O) groups is 1. The summed E-state index contributed by atoms with van der Waals surface area (Å²) >= 11 is 0. The molecular formula is C14H18O7. The van der Waals surface area contributed by atoms with Crippen molar-refractivity contribution in [3.8, 4) is 0 Å². The molecule has 0 bridgehead atoms. The van der Waals surface area contributed by atoms with Crippen molar-refractivity contribution in [3.05, 3.63) is 35.9 Å². The van der Waals surface area contributed by atoms with Crippen molar-refractivity contribution in [1.29, 1.82) is 0 Å². The van der Waals surface area contributed by atoms with Crippen LogP contribution >= 0.6 is 0 Å². The molecule has 1 aliphatic heterocycles. The van der Waals surface area contributed by atoms with Crippen LogP contribution in [0.4, 0.5) is 0 Å². The quantitative estimate of drug-likeness (QED) is 0.559. The summed E-state index contributed by atoms with van der Waals surface area (Å²) in [5.41, 5.74) is 1.02. The monoisotopic (exact) mass is 298 g/mol. The molecule has 1 aliphatic rings. The third kappa shape index (κ3) is 3.78. The average molecular weight is 298 g/mol. The lowest BCUT2D eigenvalue weighted by atomic mass is 9.99. The predicted molar refractivity (Wildman–Crippen MR) is 70.4 cm³/mol. The lowest BCUT2D eigenvalue weighted by molar-refractivity contribution is -0.289. The Labute approximate surface area is 121 Å². The Morgan fingerprint density at radius 1 is 1.14 bits per heavy atom. The van der Waals surface area contributed by atoms with E-state index in [4.69, 9.17) is 14.6 Å². The van der Waals surface area contributed by atoms with Crippen LogP contribution in [0.5, 0.6) is 0 Å². The van der Waals surface area contributed by atoms with E-state index in [1.165, 1.54) is 0 Å². The van der Waals surface area contributed by atoms with Gasteiger partial charge in [-0.1, -0.05) is 30.3 Å². The largest absolute Gasteiger partial charge is 0.479 e. The minimum Gasteiger partial charge on any atom is -0.479 e. The third-order valence-corrected chi connectivity index (χ3v) is 3.35. The van der Waals surface area contributed by atoms with E-state index in [0.717, 1.165) is 5.56 Å². The van der Waals surface area contributed by atoms with Gasteiger partial charge in [0.1, 0.15) is 18.3 Å². The second-order valence-electron chi connectivity index (χ2n) is 4.84. The number of carboxylic acids is 1. The Kier molecular flexibility index (Phi) is 5.27. The Hall–Kier alpha value is -1.51. The summed E-state index contributed by atoms with van der Waals surface area (Å²) in [4.78, 5) is 10.8. The van der Waals surface area contributed by atoms with E-state index in [1.54, 1.807) is 0 Å². The fourth-order valence-corrected chi connectivity index (χ4v) is 2.19. The smallest absolute Gasteiger partial charge is 0.335 e. The van der Waals surface area contributed by atoms with E-state index in [0.29, 0.717) is 6.42 Å². The summed E-state index contributed by atoms with van der Waals surface area (Å²) < 4.78 is 10.1. The van der Waals surface area contributed by atoms with Crippen LogP contribution in [0.3, 0.4) is 0 Å². The lowest BCUT2D eigenvalue weighted by Crippen LogP contribution is -2.60. The summed E-state index contributed by atoms with van der Waals surface area (Å²) in [6.07, 6.45) is -7.13. The van der Waals surface area contributed by atoms with Crippen LogP contribution in [0.15, 0.2) is 30.3 Å². The Balaban J connectivity index is 1.89. The fraction of sp³-hybridized carbons (Fsp3) is 0.500. The summed E-state index contributed by atoms with van der Waals surface area (Å²) in [6, 6.07) is 9.45. The van der Waals surface area contributed by atoms with E-state index in [-0.39, 0.29) is 6.61 Å². The molecule has 0 saturated carbocycles. The van der Waals surface area contributed by atoms with Crippen molar-refractivity contribution in [2.45, 2.75) is 37.1 Å².